The van der Waals surface area contributed by atoms with E-state index >= 15 is 0 Å². The van der Waals surface area contributed by atoms with Crippen molar-refractivity contribution in [2.75, 3.05) is 25.0 Å². The van der Waals surface area contributed by atoms with Gasteiger partial charge in [-0.25, -0.2) is 4.99 Å². The monoisotopic (exact) mass is 510 g/mol. The zero-order valence-electron chi connectivity index (χ0n) is 17.3. The van der Waals surface area contributed by atoms with Gasteiger partial charge >= 0.3 is 0 Å². The molecule has 3 N–H and O–H groups in total. The van der Waals surface area contributed by atoms with Crippen molar-refractivity contribution in [1.29, 1.82) is 0 Å². The maximum atomic E-state index is 11.7. The molecule has 29 heavy (non-hydrogen) atoms. The first-order valence-electron chi connectivity index (χ1n) is 9.68. The molecule has 158 valence electrons. The molecule has 2 aromatic carbocycles. The summed E-state index contributed by atoms with van der Waals surface area (Å²) in [6.07, 6.45) is 0. The first kappa shape index (κ1) is 24.7. The average Bonchev–Trinajstić information content (AvgIpc) is 2.71. The summed E-state index contributed by atoms with van der Waals surface area (Å²) >= 11 is 0. The third-order valence-electron chi connectivity index (χ3n) is 3.92. The number of amides is 1. The first-order valence-corrected chi connectivity index (χ1v) is 9.68. The summed E-state index contributed by atoms with van der Waals surface area (Å²) in [6, 6.07) is 17.5. The highest BCUT2D eigenvalue weighted by Gasteiger charge is 2.06. The van der Waals surface area contributed by atoms with Crippen molar-refractivity contribution in [3.05, 3.63) is 60.2 Å². The molecule has 0 atom stereocenters. The summed E-state index contributed by atoms with van der Waals surface area (Å²) in [7, 11) is 0. The number of para-hydroxylation sites is 1. The smallest absolute Gasteiger partial charge is 0.226 e. The lowest BCUT2D eigenvalue weighted by molar-refractivity contribution is -0.118. The molecule has 0 fully saturated rings. The van der Waals surface area contributed by atoms with Crippen molar-refractivity contribution < 1.29 is 9.53 Å². The Morgan fingerprint density at radius 2 is 1.72 bits per heavy atom. The van der Waals surface area contributed by atoms with E-state index in [1.54, 1.807) is 0 Å². The maximum absolute atomic E-state index is 11.7. The van der Waals surface area contributed by atoms with E-state index in [0.717, 1.165) is 29.5 Å². The third-order valence-corrected chi connectivity index (χ3v) is 3.92. The summed E-state index contributed by atoms with van der Waals surface area (Å²) in [5.41, 5.74) is 1.87. The molecule has 0 unspecified atom stereocenters. The van der Waals surface area contributed by atoms with E-state index in [0.29, 0.717) is 19.7 Å². The van der Waals surface area contributed by atoms with Gasteiger partial charge in [-0.2, -0.15) is 0 Å². The van der Waals surface area contributed by atoms with Crippen LogP contribution < -0.4 is 20.7 Å². The number of aliphatic imine (C=N–C) groups is 1. The highest BCUT2D eigenvalue weighted by Crippen LogP contribution is 2.12. The van der Waals surface area contributed by atoms with Crippen LogP contribution in [-0.2, 0) is 11.3 Å². The molecule has 0 radical (unpaired) electrons. The van der Waals surface area contributed by atoms with Crippen LogP contribution in [0.15, 0.2) is 59.6 Å². The molecule has 2 aromatic rings. The molecule has 1 amide bonds. The Balaban J connectivity index is 0.00000420. The molecule has 0 aliphatic rings. The third kappa shape index (κ3) is 9.65. The van der Waals surface area contributed by atoms with Crippen molar-refractivity contribution in [3.8, 4) is 5.75 Å². The number of benzene rings is 2. The van der Waals surface area contributed by atoms with Gasteiger partial charge in [-0.1, -0.05) is 44.2 Å². The fourth-order valence-corrected chi connectivity index (χ4v) is 2.35. The number of rotatable bonds is 9. The molecule has 7 heteroatoms. The van der Waals surface area contributed by atoms with Gasteiger partial charge in [0.25, 0.3) is 0 Å². The van der Waals surface area contributed by atoms with Crippen LogP contribution in [0.3, 0.4) is 0 Å². The molecule has 2 rings (SSSR count). The predicted octanol–water partition coefficient (Wildman–Crippen LogP) is 4.03. The first-order chi connectivity index (χ1) is 13.6. The minimum atomic E-state index is -0.0381. The summed E-state index contributed by atoms with van der Waals surface area (Å²) < 4.78 is 5.68. The fourth-order valence-electron chi connectivity index (χ4n) is 2.35. The van der Waals surface area contributed by atoms with Crippen molar-refractivity contribution in [2.45, 2.75) is 27.3 Å². The molecule has 0 heterocycles. The molecule has 0 saturated heterocycles. The average molecular weight is 510 g/mol. The largest absolute Gasteiger partial charge is 0.492 e. The zero-order valence-corrected chi connectivity index (χ0v) is 19.6. The molecule has 0 aliphatic heterocycles. The number of carbonyl (C=O) groups is 1. The van der Waals surface area contributed by atoms with Crippen molar-refractivity contribution in [1.82, 2.24) is 10.6 Å². The standard InChI is InChI=1S/C22H30N4O2.HI/c1-4-23-22(24-14-15-28-20-8-6-5-7-9-20)25-16-18-10-12-19(13-11-18)26-21(27)17(2)3;/h5-13,17H,4,14-16H2,1-3H3,(H,26,27)(H2,23,24,25);1H. The van der Waals surface area contributed by atoms with Crippen LogP contribution in [0.2, 0.25) is 0 Å². The number of anilines is 1. The Morgan fingerprint density at radius 1 is 1.03 bits per heavy atom. The number of carbonyl (C=O) groups excluding carboxylic acids is 1. The van der Waals surface area contributed by atoms with E-state index in [9.17, 15) is 4.79 Å². The normalized spacial score (nSPS) is 10.8. The SMILES string of the molecule is CCNC(=NCc1ccc(NC(=O)C(C)C)cc1)NCCOc1ccccc1.I. The predicted molar refractivity (Wildman–Crippen MR) is 130 cm³/mol. The lowest BCUT2D eigenvalue weighted by Crippen LogP contribution is -2.39. The number of guanidine groups is 1. The molecule has 0 spiro atoms. The van der Waals surface area contributed by atoms with E-state index in [4.69, 9.17) is 4.74 Å². The van der Waals surface area contributed by atoms with E-state index in [1.807, 2.05) is 75.4 Å². The van der Waals surface area contributed by atoms with E-state index in [2.05, 4.69) is 20.9 Å². The van der Waals surface area contributed by atoms with Gasteiger partial charge in [-0.05, 0) is 36.8 Å². The number of nitrogens with one attached hydrogen (secondary N) is 3. The number of hydrogen-bond acceptors (Lipinski definition) is 3. The van der Waals surface area contributed by atoms with Crippen LogP contribution in [0.25, 0.3) is 0 Å². The van der Waals surface area contributed by atoms with Crippen LogP contribution >= 0.6 is 24.0 Å². The molecule has 0 bridgehead atoms. The van der Waals surface area contributed by atoms with Gasteiger partial charge < -0.3 is 20.7 Å². The molecule has 0 aromatic heterocycles. The second kappa shape index (κ2) is 13.8. The Hall–Kier alpha value is -2.29. The number of hydrogen-bond donors (Lipinski definition) is 3. The van der Waals surface area contributed by atoms with E-state index < -0.39 is 0 Å². The highest BCUT2D eigenvalue weighted by molar-refractivity contribution is 14.0. The number of nitrogens with zero attached hydrogens (tertiary/aromatic N) is 1. The second-order valence-corrected chi connectivity index (χ2v) is 6.62. The van der Waals surface area contributed by atoms with Crippen molar-refractivity contribution >= 4 is 41.5 Å². The molecule has 0 saturated carbocycles. The lowest BCUT2D eigenvalue weighted by atomic mass is 10.2. The highest BCUT2D eigenvalue weighted by atomic mass is 127. The molecular weight excluding hydrogens is 479 g/mol. The van der Waals surface area contributed by atoms with Gasteiger partial charge in [0.05, 0.1) is 13.1 Å². The van der Waals surface area contributed by atoms with Crippen LogP contribution in [0, 0.1) is 5.92 Å². The van der Waals surface area contributed by atoms with E-state index in [-0.39, 0.29) is 35.8 Å². The summed E-state index contributed by atoms with van der Waals surface area (Å²) in [5.74, 6) is 1.58. The topological polar surface area (TPSA) is 74.8 Å². The minimum Gasteiger partial charge on any atom is -0.492 e. The maximum Gasteiger partial charge on any atom is 0.226 e. The van der Waals surface area contributed by atoms with E-state index in [1.165, 1.54) is 0 Å². The Labute approximate surface area is 190 Å². The number of ether oxygens (including phenoxy) is 1. The fraction of sp³-hybridized carbons (Fsp3) is 0.364. The van der Waals surface area contributed by atoms with Gasteiger partial charge in [0.15, 0.2) is 5.96 Å². The van der Waals surface area contributed by atoms with Gasteiger partial charge in [0, 0.05) is 18.2 Å². The summed E-state index contributed by atoms with van der Waals surface area (Å²) in [5, 5.41) is 9.38. The van der Waals surface area contributed by atoms with Gasteiger partial charge in [0.2, 0.25) is 5.91 Å². The van der Waals surface area contributed by atoms with Gasteiger partial charge in [0.1, 0.15) is 12.4 Å². The summed E-state index contributed by atoms with van der Waals surface area (Å²) in [4.78, 5) is 16.3. The van der Waals surface area contributed by atoms with Crippen molar-refractivity contribution in [3.63, 3.8) is 0 Å². The van der Waals surface area contributed by atoms with Gasteiger partial charge in [-0.15, -0.1) is 24.0 Å². The second-order valence-electron chi connectivity index (χ2n) is 6.62. The van der Waals surface area contributed by atoms with Crippen LogP contribution in [0.4, 0.5) is 5.69 Å². The Morgan fingerprint density at radius 3 is 2.34 bits per heavy atom. The lowest BCUT2D eigenvalue weighted by Gasteiger charge is -2.12. The quantitative estimate of drug-likeness (QED) is 0.206. The minimum absolute atomic E-state index is 0. The molecular formula is C22H31IN4O2. The summed E-state index contributed by atoms with van der Waals surface area (Å²) in [6.45, 7) is 8.32. The molecule has 6 nitrogen and oxygen atoms in total. The molecule has 0 aliphatic carbocycles. The van der Waals surface area contributed by atoms with Crippen LogP contribution in [0.5, 0.6) is 5.75 Å². The zero-order chi connectivity index (χ0) is 20.2. The van der Waals surface area contributed by atoms with Gasteiger partial charge in [-0.3, -0.25) is 4.79 Å². The Kier molecular flexibility index (Phi) is 11.8. The number of halogens is 1. The Bertz CT molecular complexity index is 749. The van der Waals surface area contributed by atoms with Crippen LogP contribution in [-0.4, -0.2) is 31.6 Å². The van der Waals surface area contributed by atoms with Crippen LogP contribution in [0.1, 0.15) is 26.3 Å². The van der Waals surface area contributed by atoms with Crippen molar-refractivity contribution in [2.24, 2.45) is 10.9 Å².